The van der Waals surface area contributed by atoms with E-state index in [4.69, 9.17) is 11.6 Å². The van der Waals surface area contributed by atoms with Crippen LogP contribution in [0.4, 0.5) is 10.5 Å². The summed E-state index contributed by atoms with van der Waals surface area (Å²) in [6.45, 7) is 1.83. The average molecular weight is 455 g/mol. The van der Waals surface area contributed by atoms with Gasteiger partial charge in [-0.15, -0.1) is 0 Å². The van der Waals surface area contributed by atoms with Crippen molar-refractivity contribution in [3.63, 3.8) is 0 Å². The van der Waals surface area contributed by atoms with Crippen LogP contribution in [0.5, 0.6) is 0 Å². The fraction of sp³-hybridized carbons (Fsp3) is 0.0435. The van der Waals surface area contributed by atoms with Gasteiger partial charge in [0.25, 0.3) is 10.0 Å². The SMILES string of the molecule is Cc1ccc(S(=O)(=O)NC(=O)Nc2ccc(C(=O)/C=C/c3ccc(Cl)cc3)cc2)cc1. The lowest BCUT2D eigenvalue weighted by molar-refractivity contribution is 0.104. The zero-order chi connectivity index (χ0) is 22.4. The van der Waals surface area contributed by atoms with Gasteiger partial charge in [-0.05, 0) is 67.1 Å². The molecule has 0 aliphatic heterocycles. The minimum Gasteiger partial charge on any atom is -0.307 e. The van der Waals surface area contributed by atoms with Gasteiger partial charge in [0.1, 0.15) is 0 Å². The number of carbonyl (C=O) groups excluding carboxylic acids is 2. The molecule has 158 valence electrons. The summed E-state index contributed by atoms with van der Waals surface area (Å²) in [6.07, 6.45) is 3.11. The Kier molecular flexibility index (Phi) is 6.89. The smallest absolute Gasteiger partial charge is 0.307 e. The summed E-state index contributed by atoms with van der Waals surface area (Å²) in [5.41, 5.74) is 2.50. The zero-order valence-electron chi connectivity index (χ0n) is 16.5. The van der Waals surface area contributed by atoms with Crippen LogP contribution in [0, 0.1) is 6.92 Å². The summed E-state index contributed by atoms with van der Waals surface area (Å²) in [6, 6.07) is 18.4. The van der Waals surface area contributed by atoms with Crippen LogP contribution in [0.2, 0.25) is 5.02 Å². The fourth-order valence-corrected chi connectivity index (χ4v) is 3.65. The van der Waals surface area contributed by atoms with E-state index in [-0.39, 0.29) is 10.7 Å². The third kappa shape index (κ3) is 6.28. The van der Waals surface area contributed by atoms with E-state index in [1.165, 1.54) is 30.3 Å². The molecule has 0 heterocycles. The zero-order valence-corrected chi connectivity index (χ0v) is 18.1. The highest BCUT2D eigenvalue weighted by Crippen LogP contribution is 2.14. The fourth-order valence-electron chi connectivity index (χ4n) is 2.61. The number of hydrogen-bond donors (Lipinski definition) is 2. The molecular formula is C23H19ClN2O4S. The van der Waals surface area contributed by atoms with Gasteiger partial charge in [-0.25, -0.2) is 17.9 Å². The second-order valence-corrected chi connectivity index (χ2v) is 8.82. The molecule has 0 radical (unpaired) electrons. The van der Waals surface area contributed by atoms with Crippen molar-refractivity contribution < 1.29 is 18.0 Å². The highest BCUT2D eigenvalue weighted by molar-refractivity contribution is 7.90. The van der Waals surface area contributed by atoms with Crippen LogP contribution in [0.25, 0.3) is 6.08 Å². The summed E-state index contributed by atoms with van der Waals surface area (Å²) in [4.78, 5) is 24.4. The lowest BCUT2D eigenvalue weighted by atomic mass is 10.1. The van der Waals surface area contributed by atoms with Gasteiger partial charge in [-0.1, -0.05) is 47.5 Å². The van der Waals surface area contributed by atoms with E-state index in [1.807, 2.05) is 11.6 Å². The molecule has 0 saturated heterocycles. The van der Waals surface area contributed by atoms with Crippen molar-refractivity contribution in [2.45, 2.75) is 11.8 Å². The van der Waals surface area contributed by atoms with E-state index in [2.05, 4.69) is 5.32 Å². The van der Waals surface area contributed by atoms with E-state index in [0.717, 1.165) is 11.1 Å². The number of allylic oxidation sites excluding steroid dienone is 1. The molecule has 0 aliphatic carbocycles. The van der Waals surface area contributed by atoms with Crippen molar-refractivity contribution in [2.24, 2.45) is 0 Å². The Balaban J connectivity index is 1.60. The van der Waals surface area contributed by atoms with Gasteiger partial charge in [0.05, 0.1) is 4.90 Å². The Bertz CT molecular complexity index is 1220. The quantitative estimate of drug-likeness (QED) is 0.402. The van der Waals surface area contributed by atoms with E-state index in [0.29, 0.717) is 16.3 Å². The van der Waals surface area contributed by atoms with Crippen LogP contribution in [-0.2, 0) is 10.0 Å². The highest BCUT2D eigenvalue weighted by atomic mass is 35.5. The first kappa shape index (κ1) is 22.3. The molecule has 2 amide bonds. The minimum absolute atomic E-state index is 0.0123. The first-order valence-electron chi connectivity index (χ1n) is 9.21. The van der Waals surface area contributed by atoms with Crippen LogP contribution < -0.4 is 10.0 Å². The molecule has 0 atom stereocenters. The predicted molar refractivity (Wildman–Crippen MR) is 122 cm³/mol. The summed E-state index contributed by atoms with van der Waals surface area (Å²) < 4.78 is 26.5. The van der Waals surface area contributed by atoms with Gasteiger partial charge in [0.15, 0.2) is 5.78 Å². The van der Waals surface area contributed by atoms with Crippen LogP contribution >= 0.6 is 11.6 Å². The Hall–Kier alpha value is -3.42. The number of hydrogen-bond acceptors (Lipinski definition) is 4. The summed E-state index contributed by atoms with van der Waals surface area (Å²) in [5.74, 6) is -0.215. The summed E-state index contributed by atoms with van der Waals surface area (Å²) in [7, 11) is -3.99. The molecule has 0 saturated carbocycles. The summed E-state index contributed by atoms with van der Waals surface area (Å²) >= 11 is 5.83. The monoisotopic (exact) mass is 454 g/mol. The number of anilines is 1. The van der Waals surface area contributed by atoms with Gasteiger partial charge in [0, 0.05) is 16.3 Å². The predicted octanol–water partition coefficient (Wildman–Crippen LogP) is 5.05. The molecule has 0 aliphatic rings. The van der Waals surface area contributed by atoms with E-state index >= 15 is 0 Å². The Morgan fingerprint density at radius 1 is 0.871 bits per heavy atom. The van der Waals surface area contributed by atoms with Crippen molar-refractivity contribution >= 4 is 45.2 Å². The van der Waals surface area contributed by atoms with Crippen molar-refractivity contribution in [1.29, 1.82) is 0 Å². The van der Waals surface area contributed by atoms with Crippen LogP contribution in [0.15, 0.2) is 83.8 Å². The van der Waals surface area contributed by atoms with Crippen LogP contribution in [0.1, 0.15) is 21.5 Å². The number of halogens is 1. The molecule has 0 fully saturated rings. The number of amides is 2. The molecule has 8 heteroatoms. The first-order chi connectivity index (χ1) is 14.7. The number of rotatable bonds is 6. The molecule has 31 heavy (non-hydrogen) atoms. The van der Waals surface area contributed by atoms with Gasteiger partial charge >= 0.3 is 6.03 Å². The molecule has 6 nitrogen and oxygen atoms in total. The normalized spacial score (nSPS) is 11.3. The topological polar surface area (TPSA) is 92.3 Å². The van der Waals surface area contributed by atoms with Crippen LogP contribution in [-0.4, -0.2) is 20.2 Å². The first-order valence-corrected chi connectivity index (χ1v) is 11.1. The standard InChI is InChI=1S/C23H19ClN2O4S/c1-16-2-13-21(14-3-16)31(29,30)26-23(28)25-20-11-7-18(8-12-20)22(27)15-6-17-4-9-19(24)10-5-17/h2-15H,1H3,(H2,25,26,28)/b15-6+. The molecule has 2 N–H and O–H groups in total. The molecule has 3 aromatic carbocycles. The minimum atomic E-state index is -3.99. The molecule has 0 unspecified atom stereocenters. The lowest BCUT2D eigenvalue weighted by Gasteiger charge is -2.09. The van der Waals surface area contributed by atoms with Crippen molar-refractivity contribution in [3.05, 3.63) is 101 Å². The Morgan fingerprint density at radius 3 is 2.10 bits per heavy atom. The maximum absolute atomic E-state index is 12.3. The number of ketones is 1. The number of nitrogens with one attached hydrogen (secondary N) is 2. The van der Waals surface area contributed by atoms with Crippen molar-refractivity contribution in [1.82, 2.24) is 4.72 Å². The van der Waals surface area contributed by atoms with Gasteiger partial charge in [-0.2, -0.15) is 0 Å². The maximum Gasteiger partial charge on any atom is 0.333 e. The highest BCUT2D eigenvalue weighted by Gasteiger charge is 2.17. The molecule has 0 aromatic heterocycles. The molecule has 3 rings (SSSR count). The second-order valence-electron chi connectivity index (χ2n) is 6.70. The van der Waals surface area contributed by atoms with Crippen molar-refractivity contribution in [2.75, 3.05) is 5.32 Å². The van der Waals surface area contributed by atoms with E-state index in [9.17, 15) is 18.0 Å². The number of benzene rings is 3. The molecular weight excluding hydrogens is 436 g/mol. The molecule has 0 bridgehead atoms. The number of urea groups is 1. The van der Waals surface area contributed by atoms with E-state index < -0.39 is 16.1 Å². The molecule has 3 aromatic rings. The van der Waals surface area contributed by atoms with Gasteiger partial charge < -0.3 is 5.32 Å². The third-order valence-electron chi connectivity index (χ3n) is 4.28. The number of sulfonamides is 1. The molecule has 0 spiro atoms. The van der Waals surface area contributed by atoms with Gasteiger partial charge in [-0.3, -0.25) is 4.79 Å². The maximum atomic E-state index is 12.3. The Labute approximate surface area is 185 Å². The van der Waals surface area contributed by atoms with Crippen LogP contribution in [0.3, 0.4) is 0 Å². The Morgan fingerprint density at radius 2 is 1.48 bits per heavy atom. The van der Waals surface area contributed by atoms with E-state index in [1.54, 1.807) is 54.6 Å². The van der Waals surface area contributed by atoms with Gasteiger partial charge in [0.2, 0.25) is 0 Å². The second kappa shape index (κ2) is 9.59. The largest absolute Gasteiger partial charge is 0.333 e. The third-order valence-corrected chi connectivity index (χ3v) is 5.88. The number of carbonyl (C=O) groups is 2. The number of aryl methyl sites for hydroxylation is 1. The lowest BCUT2D eigenvalue weighted by Crippen LogP contribution is -2.34. The average Bonchev–Trinajstić information content (AvgIpc) is 2.73. The van der Waals surface area contributed by atoms with Crippen molar-refractivity contribution in [3.8, 4) is 0 Å². The summed E-state index contributed by atoms with van der Waals surface area (Å²) in [5, 5.41) is 3.05.